The molecule has 0 bridgehead atoms. The van der Waals surface area contributed by atoms with Gasteiger partial charge in [0, 0.05) is 12.6 Å². The van der Waals surface area contributed by atoms with E-state index in [4.69, 9.17) is 0 Å². The average molecular weight is 114 g/mol. The summed E-state index contributed by atoms with van der Waals surface area (Å²) >= 11 is 0. The van der Waals surface area contributed by atoms with Crippen molar-refractivity contribution in [3.8, 4) is 0 Å². The van der Waals surface area contributed by atoms with Crippen LogP contribution >= 0.6 is 0 Å². The number of hydrogen-bond donors (Lipinski definition) is 2. The van der Waals surface area contributed by atoms with E-state index in [1.807, 2.05) is 6.92 Å². The van der Waals surface area contributed by atoms with Gasteiger partial charge in [0.15, 0.2) is 0 Å². The zero-order valence-electron chi connectivity index (χ0n) is 4.90. The van der Waals surface area contributed by atoms with Gasteiger partial charge in [0.05, 0.1) is 6.54 Å². The van der Waals surface area contributed by atoms with Gasteiger partial charge < -0.3 is 10.6 Å². The summed E-state index contributed by atoms with van der Waals surface area (Å²) in [5.41, 5.74) is 0. The fourth-order valence-corrected chi connectivity index (χ4v) is 0.779. The molecule has 1 aliphatic heterocycles. The predicted octanol–water partition coefficient (Wildman–Crippen LogP) is -0.906. The molecule has 3 nitrogen and oxygen atoms in total. The van der Waals surface area contributed by atoms with Crippen molar-refractivity contribution in [1.82, 2.24) is 10.6 Å². The van der Waals surface area contributed by atoms with Crippen molar-refractivity contribution in [2.24, 2.45) is 0 Å². The van der Waals surface area contributed by atoms with Crippen LogP contribution in [0.15, 0.2) is 0 Å². The summed E-state index contributed by atoms with van der Waals surface area (Å²) in [6, 6.07) is 0.302. The highest BCUT2D eigenvalue weighted by Crippen LogP contribution is 1.83. The molecule has 0 radical (unpaired) electrons. The Morgan fingerprint density at radius 1 is 1.75 bits per heavy atom. The first-order chi connectivity index (χ1) is 3.79. The third-order valence-corrected chi connectivity index (χ3v) is 1.14. The minimum absolute atomic E-state index is 0.101. The maximum atomic E-state index is 10.5. The van der Waals surface area contributed by atoms with Crippen molar-refractivity contribution < 1.29 is 4.79 Å². The van der Waals surface area contributed by atoms with Crippen molar-refractivity contribution >= 4 is 5.91 Å². The summed E-state index contributed by atoms with van der Waals surface area (Å²) in [6.07, 6.45) is 0. The van der Waals surface area contributed by atoms with Gasteiger partial charge in [-0.1, -0.05) is 0 Å². The molecule has 2 N–H and O–H groups in total. The van der Waals surface area contributed by atoms with Crippen molar-refractivity contribution in [3.05, 3.63) is 0 Å². The zero-order valence-corrected chi connectivity index (χ0v) is 4.90. The lowest BCUT2D eigenvalue weighted by Gasteiger charge is -2.19. The average Bonchev–Trinajstić information content (AvgIpc) is 1.64. The van der Waals surface area contributed by atoms with Gasteiger partial charge in [-0.15, -0.1) is 0 Å². The molecule has 0 aromatic carbocycles. The summed E-state index contributed by atoms with van der Waals surface area (Å²) in [4.78, 5) is 10.5. The van der Waals surface area contributed by atoms with Crippen molar-refractivity contribution in [1.29, 1.82) is 0 Å². The standard InChI is InChI=1S/C5H10N2O/c1-4-2-6-3-5(8)7-4/h4,6H,2-3H2,1H3,(H,7,8)/t4-/m0/s1. The van der Waals surface area contributed by atoms with E-state index in [2.05, 4.69) is 10.6 Å². The smallest absolute Gasteiger partial charge is 0.234 e. The first-order valence-electron chi connectivity index (χ1n) is 2.79. The van der Waals surface area contributed by atoms with Crippen LogP contribution in [0, 0.1) is 0 Å². The van der Waals surface area contributed by atoms with Crippen LogP contribution in [0.25, 0.3) is 0 Å². The Kier molecular flexibility index (Phi) is 1.48. The molecule has 0 spiro atoms. The van der Waals surface area contributed by atoms with Gasteiger partial charge in [-0.05, 0) is 6.92 Å². The van der Waals surface area contributed by atoms with E-state index in [1.54, 1.807) is 0 Å². The third-order valence-electron chi connectivity index (χ3n) is 1.14. The van der Waals surface area contributed by atoms with Gasteiger partial charge >= 0.3 is 0 Å². The van der Waals surface area contributed by atoms with Gasteiger partial charge in [-0.3, -0.25) is 4.79 Å². The van der Waals surface area contributed by atoms with E-state index in [0.29, 0.717) is 12.6 Å². The van der Waals surface area contributed by atoms with Crippen LogP contribution < -0.4 is 10.6 Å². The van der Waals surface area contributed by atoms with Gasteiger partial charge in [-0.2, -0.15) is 0 Å². The van der Waals surface area contributed by atoms with Crippen LogP contribution in [0.2, 0.25) is 0 Å². The second-order valence-electron chi connectivity index (χ2n) is 2.10. The molecule has 1 fully saturated rings. The van der Waals surface area contributed by atoms with Crippen LogP contribution in [0.3, 0.4) is 0 Å². The summed E-state index contributed by atoms with van der Waals surface area (Å²) in [7, 11) is 0. The monoisotopic (exact) mass is 114 g/mol. The molecule has 1 heterocycles. The topological polar surface area (TPSA) is 41.1 Å². The highest BCUT2D eigenvalue weighted by Gasteiger charge is 2.11. The van der Waals surface area contributed by atoms with E-state index in [9.17, 15) is 4.79 Å². The first-order valence-corrected chi connectivity index (χ1v) is 2.79. The maximum Gasteiger partial charge on any atom is 0.234 e. The van der Waals surface area contributed by atoms with Crippen molar-refractivity contribution in [2.45, 2.75) is 13.0 Å². The SMILES string of the molecule is C[C@H]1CNCC(=O)N1. The molecule has 0 aromatic rings. The summed E-state index contributed by atoms with van der Waals surface area (Å²) in [5, 5.41) is 5.75. The second kappa shape index (κ2) is 2.13. The Bertz CT molecular complexity index is 103. The molecule has 1 rings (SSSR count). The zero-order chi connectivity index (χ0) is 5.98. The van der Waals surface area contributed by atoms with E-state index in [1.165, 1.54) is 0 Å². The molecule has 1 aliphatic rings. The fraction of sp³-hybridized carbons (Fsp3) is 0.800. The molecule has 0 unspecified atom stereocenters. The number of rotatable bonds is 0. The quantitative estimate of drug-likeness (QED) is 0.428. The molecular formula is C5H10N2O. The second-order valence-corrected chi connectivity index (χ2v) is 2.10. The van der Waals surface area contributed by atoms with E-state index >= 15 is 0 Å². The minimum Gasteiger partial charge on any atom is -0.351 e. The number of hydrogen-bond acceptors (Lipinski definition) is 2. The summed E-state index contributed by atoms with van der Waals surface area (Å²) in [5.74, 6) is 0.101. The molecule has 0 saturated carbocycles. The lowest BCUT2D eigenvalue weighted by molar-refractivity contribution is -0.121. The Balaban J connectivity index is 2.34. The molecule has 46 valence electrons. The van der Waals surface area contributed by atoms with Gasteiger partial charge in [0.25, 0.3) is 0 Å². The molecular weight excluding hydrogens is 104 g/mol. The summed E-state index contributed by atoms with van der Waals surface area (Å²) < 4.78 is 0. The lowest BCUT2D eigenvalue weighted by atomic mass is 10.3. The molecule has 0 aliphatic carbocycles. The van der Waals surface area contributed by atoms with E-state index in [-0.39, 0.29) is 5.91 Å². The Morgan fingerprint density at radius 2 is 2.50 bits per heavy atom. The Morgan fingerprint density at radius 3 is 2.88 bits per heavy atom. The predicted molar refractivity (Wildman–Crippen MR) is 30.5 cm³/mol. The number of amides is 1. The molecule has 1 atom stereocenters. The lowest BCUT2D eigenvalue weighted by Crippen LogP contribution is -2.50. The maximum absolute atomic E-state index is 10.5. The van der Waals surface area contributed by atoms with Gasteiger partial charge in [-0.25, -0.2) is 0 Å². The number of carbonyl (C=O) groups is 1. The van der Waals surface area contributed by atoms with Crippen molar-refractivity contribution in [3.63, 3.8) is 0 Å². The van der Waals surface area contributed by atoms with Crippen LogP contribution in [-0.2, 0) is 4.79 Å². The fourth-order valence-electron chi connectivity index (χ4n) is 0.779. The van der Waals surface area contributed by atoms with E-state index in [0.717, 1.165) is 6.54 Å². The number of piperazine rings is 1. The normalized spacial score (nSPS) is 29.6. The van der Waals surface area contributed by atoms with Gasteiger partial charge in [0.2, 0.25) is 5.91 Å². The molecule has 8 heavy (non-hydrogen) atoms. The van der Waals surface area contributed by atoms with Crippen LogP contribution in [-0.4, -0.2) is 25.0 Å². The Hall–Kier alpha value is -0.570. The first kappa shape index (κ1) is 5.56. The molecule has 1 saturated heterocycles. The molecule has 0 aromatic heterocycles. The van der Waals surface area contributed by atoms with Crippen LogP contribution in [0.4, 0.5) is 0 Å². The summed E-state index contributed by atoms with van der Waals surface area (Å²) in [6.45, 7) is 3.35. The minimum atomic E-state index is 0.101. The van der Waals surface area contributed by atoms with E-state index < -0.39 is 0 Å². The molecule has 3 heteroatoms. The van der Waals surface area contributed by atoms with Crippen molar-refractivity contribution in [2.75, 3.05) is 13.1 Å². The number of carbonyl (C=O) groups excluding carboxylic acids is 1. The van der Waals surface area contributed by atoms with Gasteiger partial charge in [0.1, 0.15) is 0 Å². The van der Waals surface area contributed by atoms with Crippen LogP contribution in [0.5, 0.6) is 0 Å². The Labute approximate surface area is 48.5 Å². The van der Waals surface area contributed by atoms with Crippen LogP contribution in [0.1, 0.15) is 6.92 Å². The largest absolute Gasteiger partial charge is 0.351 e. The third kappa shape index (κ3) is 1.20. The highest BCUT2D eigenvalue weighted by molar-refractivity contribution is 5.79. The number of nitrogens with one attached hydrogen (secondary N) is 2. The highest BCUT2D eigenvalue weighted by atomic mass is 16.2. The molecule has 1 amide bonds.